The molecule has 0 saturated heterocycles. The Bertz CT molecular complexity index is 157. The summed E-state index contributed by atoms with van der Waals surface area (Å²) in [6.45, 7) is 0.267. The number of nitrogens with zero attached hydrogens (tertiary/aromatic N) is 2. The van der Waals surface area contributed by atoms with Crippen molar-refractivity contribution in [2.45, 2.75) is 6.42 Å². The summed E-state index contributed by atoms with van der Waals surface area (Å²) in [4.78, 5) is 13.1. The van der Waals surface area contributed by atoms with Gasteiger partial charge in [-0.3, -0.25) is 4.99 Å². The second-order valence-corrected chi connectivity index (χ2v) is 1.28. The molecule has 0 saturated carbocycles. The highest BCUT2D eigenvalue weighted by molar-refractivity contribution is 6.21. The summed E-state index contributed by atoms with van der Waals surface area (Å²) >= 11 is 0. The van der Waals surface area contributed by atoms with Gasteiger partial charge >= 0.3 is 5.97 Å². The smallest absolute Gasteiger partial charge is 0.346 e. The molecule has 0 aromatic heterocycles. The molecule has 0 heterocycles. The minimum atomic E-state index is -1.08. The van der Waals surface area contributed by atoms with Crippen molar-refractivity contribution in [2.24, 2.45) is 4.99 Å². The lowest BCUT2D eigenvalue weighted by Crippen LogP contribution is -1.95. The molecule has 4 heteroatoms. The third kappa shape index (κ3) is 6.63. The molecule has 0 radical (unpaired) electrons. The van der Waals surface area contributed by atoms with Crippen LogP contribution in [0.1, 0.15) is 6.42 Å². The van der Waals surface area contributed by atoms with Crippen LogP contribution in [0.4, 0.5) is 0 Å². The first-order chi connectivity index (χ1) is 4.27. The molecule has 0 spiro atoms. The Balaban J connectivity index is 3.28. The number of carboxylic acids is 1. The third-order valence-corrected chi connectivity index (χ3v) is 0.554. The molecule has 48 valence electrons. The van der Waals surface area contributed by atoms with Gasteiger partial charge in [0.15, 0.2) is 0 Å². The van der Waals surface area contributed by atoms with E-state index in [2.05, 4.69) is 4.99 Å². The first-order valence-electron chi connectivity index (χ1n) is 2.37. The molecule has 0 aliphatic heterocycles. The van der Waals surface area contributed by atoms with E-state index in [1.54, 1.807) is 0 Å². The predicted octanol–water partition coefficient (Wildman–Crippen LogP) is 0.0555. The van der Waals surface area contributed by atoms with E-state index in [1.165, 1.54) is 0 Å². The highest BCUT2D eigenvalue weighted by atomic mass is 16.4. The van der Waals surface area contributed by atoms with Gasteiger partial charge in [0, 0.05) is 0 Å². The Morgan fingerprint density at radius 1 is 1.89 bits per heavy atom. The largest absolute Gasteiger partial charge is 0.477 e. The molecule has 0 unspecified atom stereocenters. The maximum absolute atomic E-state index is 9.73. The Labute approximate surface area is 52.4 Å². The minimum absolute atomic E-state index is 0.267. The van der Waals surface area contributed by atoms with Crippen LogP contribution in [-0.4, -0.2) is 23.8 Å². The van der Waals surface area contributed by atoms with Crippen molar-refractivity contribution in [1.82, 2.24) is 0 Å². The monoisotopic (exact) mass is 126 g/mol. The normalized spacial score (nSPS) is 9.22. The molecule has 0 bridgehead atoms. The van der Waals surface area contributed by atoms with Crippen molar-refractivity contribution in [2.75, 3.05) is 6.54 Å². The van der Waals surface area contributed by atoms with Crippen LogP contribution in [0.25, 0.3) is 0 Å². The number of carboxylic acid groups (broad SMARTS) is 1. The fraction of sp³-hybridized carbons (Fsp3) is 0.400. The standard InChI is InChI=1S/C5H6N2O2/c6-2-1-3-7-4-5(8)9/h4H,1,3H2,(H,8,9). The SMILES string of the molecule is N#CCCN=CC(=O)O. The quantitative estimate of drug-likeness (QED) is 0.429. The summed E-state index contributed by atoms with van der Waals surface area (Å²) in [6, 6.07) is 1.83. The maximum Gasteiger partial charge on any atom is 0.346 e. The lowest BCUT2D eigenvalue weighted by Gasteiger charge is -1.79. The number of aliphatic imine (C=N–C) groups is 1. The van der Waals surface area contributed by atoms with Crippen LogP contribution < -0.4 is 0 Å². The summed E-state index contributed by atoms with van der Waals surface area (Å²) in [6.07, 6.45) is 1.06. The van der Waals surface area contributed by atoms with E-state index in [0.717, 1.165) is 6.21 Å². The van der Waals surface area contributed by atoms with E-state index < -0.39 is 5.97 Å². The molecule has 0 aromatic carbocycles. The van der Waals surface area contributed by atoms with E-state index in [4.69, 9.17) is 10.4 Å². The minimum Gasteiger partial charge on any atom is -0.477 e. The molecule has 9 heavy (non-hydrogen) atoms. The van der Waals surface area contributed by atoms with Gasteiger partial charge in [-0.15, -0.1) is 0 Å². The zero-order valence-electron chi connectivity index (χ0n) is 4.74. The maximum atomic E-state index is 9.73. The van der Waals surface area contributed by atoms with Crippen molar-refractivity contribution >= 4 is 12.2 Å². The summed E-state index contributed by atoms with van der Waals surface area (Å²) in [7, 11) is 0. The van der Waals surface area contributed by atoms with Gasteiger partial charge in [0.1, 0.15) is 6.21 Å². The van der Waals surface area contributed by atoms with E-state index >= 15 is 0 Å². The van der Waals surface area contributed by atoms with Gasteiger partial charge < -0.3 is 5.11 Å². The first kappa shape index (κ1) is 7.63. The van der Waals surface area contributed by atoms with Crippen LogP contribution in [0.3, 0.4) is 0 Å². The van der Waals surface area contributed by atoms with Crippen LogP contribution >= 0.6 is 0 Å². The second-order valence-electron chi connectivity index (χ2n) is 1.28. The van der Waals surface area contributed by atoms with Crippen molar-refractivity contribution in [3.8, 4) is 6.07 Å². The van der Waals surface area contributed by atoms with E-state index in [0.29, 0.717) is 0 Å². The van der Waals surface area contributed by atoms with E-state index in [9.17, 15) is 4.79 Å². The summed E-state index contributed by atoms with van der Waals surface area (Å²) in [5, 5.41) is 15.9. The number of hydrogen-bond acceptors (Lipinski definition) is 3. The molecular formula is C5H6N2O2. The molecule has 0 amide bonds. The molecule has 0 atom stereocenters. The molecule has 0 aliphatic rings. The number of hydrogen-bond donors (Lipinski definition) is 1. The van der Waals surface area contributed by atoms with Crippen LogP contribution in [-0.2, 0) is 4.79 Å². The molecule has 1 N–H and O–H groups in total. The van der Waals surface area contributed by atoms with Crippen molar-refractivity contribution in [3.05, 3.63) is 0 Å². The van der Waals surface area contributed by atoms with Crippen molar-refractivity contribution in [3.63, 3.8) is 0 Å². The van der Waals surface area contributed by atoms with Crippen LogP contribution in [0, 0.1) is 11.3 Å². The average Bonchev–Trinajstić information content (AvgIpc) is 1.80. The van der Waals surface area contributed by atoms with Gasteiger partial charge in [0.2, 0.25) is 0 Å². The van der Waals surface area contributed by atoms with Crippen LogP contribution in [0.2, 0.25) is 0 Å². The van der Waals surface area contributed by atoms with Gasteiger partial charge in [-0.25, -0.2) is 4.79 Å². The highest BCUT2D eigenvalue weighted by Crippen LogP contribution is 1.74. The van der Waals surface area contributed by atoms with Gasteiger partial charge in [-0.05, 0) is 0 Å². The van der Waals surface area contributed by atoms with Gasteiger partial charge in [0.25, 0.3) is 0 Å². The molecule has 0 aromatic rings. The Hall–Kier alpha value is -1.37. The first-order valence-corrected chi connectivity index (χ1v) is 2.37. The number of aliphatic carboxylic acids is 1. The van der Waals surface area contributed by atoms with E-state index in [1.807, 2.05) is 6.07 Å². The summed E-state index contributed by atoms with van der Waals surface area (Å²) in [5.41, 5.74) is 0. The summed E-state index contributed by atoms with van der Waals surface area (Å²) < 4.78 is 0. The molecule has 4 nitrogen and oxygen atoms in total. The van der Waals surface area contributed by atoms with E-state index in [-0.39, 0.29) is 13.0 Å². The Kier molecular flexibility index (Phi) is 4.05. The number of rotatable bonds is 3. The fourth-order valence-corrected chi connectivity index (χ4v) is 0.257. The lowest BCUT2D eigenvalue weighted by molar-refractivity contribution is -0.128. The molecular weight excluding hydrogens is 120 g/mol. The third-order valence-electron chi connectivity index (χ3n) is 0.554. The zero-order chi connectivity index (χ0) is 7.11. The van der Waals surface area contributed by atoms with Crippen molar-refractivity contribution in [1.29, 1.82) is 5.26 Å². The van der Waals surface area contributed by atoms with Gasteiger partial charge in [-0.2, -0.15) is 5.26 Å². The van der Waals surface area contributed by atoms with Crippen LogP contribution in [0.15, 0.2) is 4.99 Å². The Morgan fingerprint density at radius 3 is 3.00 bits per heavy atom. The van der Waals surface area contributed by atoms with Gasteiger partial charge in [-0.1, -0.05) is 0 Å². The fourth-order valence-electron chi connectivity index (χ4n) is 0.257. The predicted molar refractivity (Wildman–Crippen MR) is 31.2 cm³/mol. The molecule has 0 rings (SSSR count). The summed E-state index contributed by atoms with van der Waals surface area (Å²) in [5.74, 6) is -1.08. The number of nitriles is 1. The second kappa shape index (κ2) is 4.78. The topological polar surface area (TPSA) is 73.5 Å². The molecule has 0 aliphatic carbocycles. The highest BCUT2D eigenvalue weighted by Gasteiger charge is 1.84. The average molecular weight is 126 g/mol. The zero-order valence-corrected chi connectivity index (χ0v) is 4.74. The number of carbonyl (C=O) groups is 1. The molecule has 0 fully saturated rings. The van der Waals surface area contributed by atoms with Crippen molar-refractivity contribution < 1.29 is 9.90 Å². The Morgan fingerprint density at radius 2 is 2.56 bits per heavy atom. The van der Waals surface area contributed by atoms with Crippen LogP contribution in [0.5, 0.6) is 0 Å². The van der Waals surface area contributed by atoms with Gasteiger partial charge in [0.05, 0.1) is 19.0 Å². The lowest BCUT2D eigenvalue weighted by atomic mass is 10.5.